The molecule has 1 aliphatic rings. The predicted octanol–water partition coefficient (Wildman–Crippen LogP) is 2.99. The van der Waals surface area contributed by atoms with Gasteiger partial charge in [-0.1, -0.05) is 30.3 Å². The molecular formula is C21H25N3O2. The van der Waals surface area contributed by atoms with Gasteiger partial charge in [0.05, 0.1) is 6.54 Å². The standard InChI is InChI=1S/C21H25N3O2/c1-23(15-17-7-3-2-4-8-17)16-20(25)22-19-11-9-18(10-12-19)21(26)24-13-5-6-14-24/h2-4,7-12H,5-6,13-16H2,1H3,(H,22,25). The fourth-order valence-electron chi connectivity index (χ4n) is 3.20. The molecule has 0 aliphatic carbocycles. The van der Waals surface area contributed by atoms with Crippen molar-refractivity contribution >= 4 is 17.5 Å². The minimum atomic E-state index is -0.0675. The topological polar surface area (TPSA) is 52.7 Å². The maximum Gasteiger partial charge on any atom is 0.253 e. The van der Waals surface area contributed by atoms with E-state index in [1.165, 1.54) is 5.56 Å². The van der Waals surface area contributed by atoms with Crippen LogP contribution in [0.5, 0.6) is 0 Å². The summed E-state index contributed by atoms with van der Waals surface area (Å²) in [4.78, 5) is 28.4. The molecule has 5 nitrogen and oxygen atoms in total. The van der Waals surface area contributed by atoms with E-state index < -0.39 is 0 Å². The SMILES string of the molecule is CN(CC(=O)Nc1ccc(C(=O)N2CCCC2)cc1)Cc1ccccc1. The molecule has 1 heterocycles. The lowest BCUT2D eigenvalue weighted by atomic mass is 10.2. The van der Waals surface area contributed by atoms with Crippen LogP contribution in [0.15, 0.2) is 54.6 Å². The fraction of sp³-hybridized carbons (Fsp3) is 0.333. The van der Waals surface area contributed by atoms with Gasteiger partial charge in [-0.05, 0) is 49.7 Å². The van der Waals surface area contributed by atoms with E-state index in [1.54, 1.807) is 24.3 Å². The Morgan fingerprint density at radius 1 is 1.00 bits per heavy atom. The van der Waals surface area contributed by atoms with Gasteiger partial charge in [-0.2, -0.15) is 0 Å². The Morgan fingerprint density at radius 3 is 2.31 bits per heavy atom. The second kappa shape index (κ2) is 8.63. The van der Waals surface area contributed by atoms with Gasteiger partial charge in [0.15, 0.2) is 0 Å². The molecular weight excluding hydrogens is 326 g/mol. The van der Waals surface area contributed by atoms with Crippen LogP contribution < -0.4 is 5.32 Å². The molecule has 5 heteroatoms. The summed E-state index contributed by atoms with van der Waals surface area (Å²) in [6.07, 6.45) is 2.16. The molecule has 2 aromatic carbocycles. The van der Waals surface area contributed by atoms with Crippen LogP contribution in [0, 0.1) is 0 Å². The summed E-state index contributed by atoms with van der Waals surface area (Å²) in [6.45, 7) is 2.71. The molecule has 2 amide bonds. The zero-order chi connectivity index (χ0) is 18.4. The lowest BCUT2D eigenvalue weighted by molar-refractivity contribution is -0.117. The molecule has 0 saturated carbocycles. The Balaban J connectivity index is 1.50. The number of carbonyl (C=O) groups is 2. The largest absolute Gasteiger partial charge is 0.339 e. The van der Waals surface area contributed by atoms with E-state index in [2.05, 4.69) is 5.32 Å². The molecule has 0 bridgehead atoms. The average molecular weight is 351 g/mol. The van der Waals surface area contributed by atoms with E-state index in [-0.39, 0.29) is 11.8 Å². The van der Waals surface area contributed by atoms with E-state index in [1.807, 2.05) is 47.2 Å². The first-order valence-corrected chi connectivity index (χ1v) is 9.03. The number of nitrogens with zero attached hydrogens (tertiary/aromatic N) is 2. The first-order valence-electron chi connectivity index (χ1n) is 9.03. The van der Waals surface area contributed by atoms with Gasteiger partial charge >= 0.3 is 0 Å². The van der Waals surface area contributed by atoms with E-state index >= 15 is 0 Å². The first kappa shape index (κ1) is 18.1. The highest BCUT2D eigenvalue weighted by molar-refractivity contribution is 5.96. The van der Waals surface area contributed by atoms with Gasteiger partial charge in [0, 0.05) is 30.9 Å². The van der Waals surface area contributed by atoms with Gasteiger partial charge < -0.3 is 10.2 Å². The van der Waals surface area contributed by atoms with Gasteiger partial charge in [0.1, 0.15) is 0 Å². The number of carbonyl (C=O) groups excluding carboxylic acids is 2. The quantitative estimate of drug-likeness (QED) is 0.870. The molecule has 1 aliphatic heterocycles. The first-order chi connectivity index (χ1) is 12.6. The van der Waals surface area contributed by atoms with Crippen molar-refractivity contribution in [1.82, 2.24) is 9.80 Å². The molecule has 0 aromatic heterocycles. The Hall–Kier alpha value is -2.66. The summed E-state index contributed by atoms with van der Waals surface area (Å²) in [5.74, 6) is 0.00465. The summed E-state index contributed by atoms with van der Waals surface area (Å²) in [5, 5.41) is 2.89. The molecule has 3 rings (SSSR count). The molecule has 26 heavy (non-hydrogen) atoms. The van der Waals surface area contributed by atoms with Crippen molar-refractivity contribution in [2.75, 3.05) is 32.0 Å². The van der Waals surface area contributed by atoms with Crippen LogP contribution in [0.4, 0.5) is 5.69 Å². The predicted molar refractivity (Wildman–Crippen MR) is 103 cm³/mol. The lowest BCUT2D eigenvalue weighted by Gasteiger charge is -2.17. The van der Waals surface area contributed by atoms with Crippen LogP contribution in [0.1, 0.15) is 28.8 Å². The third-order valence-corrected chi connectivity index (χ3v) is 4.52. The number of nitrogens with one attached hydrogen (secondary N) is 1. The third kappa shape index (κ3) is 4.92. The maximum atomic E-state index is 12.3. The van der Waals surface area contributed by atoms with Gasteiger partial charge in [-0.3, -0.25) is 14.5 Å². The van der Waals surface area contributed by atoms with E-state index in [9.17, 15) is 9.59 Å². The molecule has 0 radical (unpaired) electrons. The number of likely N-dealkylation sites (N-methyl/N-ethyl adjacent to an activating group) is 1. The van der Waals surface area contributed by atoms with Crippen molar-refractivity contribution in [3.63, 3.8) is 0 Å². The van der Waals surface area contributed by atoms with Gasteiger partial charge in [-0.15, -0.1) is 0 Å². The normalized spacial score (nSPS) is 13.8. The van der Waals surface area contributed by atoms with Crippen LogP contribution in [0.3, 0.4) is 0 Å². The van der Waals surface area contributed by atoms with E-state index in [4.69, 9.17) is 0 Å². The minimum absolute atomic E-state index is 0.0675. The smallest absolute Gasteiger partial charge is 0.253 e. The van der Waals surface area contributed by atoms with Crippen LogP contribution in [0.2, 0.25) is 0 Å². The van der Waals surface area contributed by atoms with Crippen LogP contribution >= 0.6 is 0 Å². The average Bonchev–Trinajstić information content (AvgIpc) is 3.17. The number of likely N-dealkylation sites (tertiary alicyclic amines) is 1. The molecule has 1 N–H and O–H groups in total. The minimum Gasteiger partial charge on any atom is -0.339 e. The summed E-state index contributed by atoms with van der Waals surface area (Å²) in [5.41, 5.74) is 2.56. The Kier molecular flexibility index (Phi) is 6.02. The Morgan fingerprint density at radius 2 is 1.65 bits per heavy atom. The van der Waals surface area contributed by atoms with Crippen molar-refractivity contribution in [3.8, 4) is 0 Å². The van der Waals surface area contributed by atoms with Gasteiger partial charge in [0.25, 0.3) is 5.91 Å². The number of hydrogen-bond acceptors (Lipinski definition) is 3. The fourth-order valence-corrected chi connectivity index (χ4v) is 3.20. The highest BCUT2D eigenvalue weighted by Gasteiger charge is 2.19. The number of hydrogen-bond donors (Lipinski definition) is 1. The zero-order valence-corrected chi connectivity index (χ0v) is 15.1. The Labute approximate surface area is 154 Å². The van der Waals surface area contributed by atoms with Crippen LogP contribution in [-0.4, -0.2) is 48.3 Å². The van der Waals surface area contributed by atoms with Gasteiger partial charge in [0.2, 0.25) is 5.91 Å². The Bertz CT molecular complexity index is 738. The molecule has 0 unspecified atom stereocenters. The number of amides is 2. The zero-order valence-electron chi connectivity index (χ0n) is 15.1. The maximum absolute atomic E-state index is 12.3. The highest BCUT2D eigenvalue weighted by Crippen LogP contribution is 2.15. The molecule has 1 fully saturated rings. The summed E-state index contributed by atoms with van der Waals surface area (Å²) in [6, 6.07) is 17.2. The summed E-state index contributed by atoms with van der Waals surface area (Å²) in [7, 11) is 1.92. The monoisotopic (exact) mass is 351 g/mol. The van der Waals surface area contributed by atoms with Crippen molar-refractivity contribution in [1.29, 1.82) is 0 Å². The second-order valence-corrected chi connectivity index (χ2v) is 6.78. The molecule has 2 aromatic rings. The highest BCUT2D eigenvalue weighted by atomic mass is 16.2. The molecule has 136 valence electrons. The lowest BCUT2D eigenvalue weighted by Crippen LogP contribution is -2.30. The van der Waals surface area contributed by atoms with Crippen LogP contribution in [0.25, 0.3) is 0 Å². The van der Waals surface area contributed by atoms with Crippen LogP contribution in [-0.2, 0) is 11.3 Å². The van der Waals surface area contributed by atoms with Crippen molar-refractivity contribution in [3.05, 3.63) is 65.7 Å². The van der Waals surface area contributed by atoms with E-state index in [0.29, 0.717) is 17.8 Å². The molecule has 1 saturated heterocycles. The summed E-state index contributed by atoms with van der Waals surface area (Å²) >= 11 is 0. The van der Waals surface area contributed by atoms with Crippen molar-refractivity contribution in [2.24, 2.45) is 0 Å². The van der Waals surface area contributed by atoms with E-state index in [0.717, 1.165) is 32.5 Å². The van der Waals surface area contributed by atoms with Crippen molar-refractivity contribution in [2.45, 2.75) is 19.4 Å². The molecule has 0 spiro atoms. The molecule has 0 atom stereocenters. The second-order valence-electron chi connectivity index (χ2n) is 6.78. The van der Waals surface area contributed by atoms with Gasteiger partial charge in [-0.25, -0.2) is 0 Å². The van der Waals surface area contributed by atoms with Crippen molar-refractivity contribution < 1.29 is 9.59 Å². The number of benzene rings is 2. The number of rotatable bonds is 6. The number of anilines is 1. The third-order valence-electron chi connectivity index (χ3n) is 4.52. The summed E-state index contributed by atoms with van der Waals surface area (Å²) < 4.78 is 0.